The van der Waals surface area contributed by atoms with Crippen LogP contribution in [0.3, 0.4) is 0 Å². The zero-order chi connectivity index (χ0) is 13.9. The summed E-state index contributed by atoms with van der Waals surface area (Å²) in [7, 11) is 1.70. The number of nitrogens with zero attached hydrogens (tertiary/aromatic N) is 2. The van der Waals surface area contributed by atoms with Gasteiger partial charge >= 0.3 is 0 Å². The summed E-state index contributed by atoms with van der Waals surface area (Å²) in [6, 6.07) is 9.18. The lowest BCUT2D eigenvalue weighted by atomic mass is 9.75. The third kappa shape index (κ3) is 2.67. The van der Waals surface area contributed by atoms with Crippen LogP contribution in [0, 0.1) is 0 Å². The number of aromatic nitrogens is 3. The normalized spacial score (nSPS) is 23.1. The zero-order valence-electron chi connectivity index (χ0n) is 11.8. The number of aromatic amines is 1. The Bertz CT molecular complexity index is 532. The Morgan fingerprint density at radius 3 is 2.65 bits per heavy atom. The molecule has 2 aromatic rings. The first-order valence-electron chi connectivity index (χ1n) is 7.01. The SMILES string of the molecule is COc1ccc(C2CC(NC(C)c3ncn[nH]3)C2)cc1. The summed E-state index contributed by atoms with van der Waals surface area (Å²) in [5.41, 5.74) is 1.40. The molecule has 0 amide bonds. The van der Waals surface area contributed by atoms with Gasteiger partial charge in [-0.3, -0.25) is 5.10 Å². The number of rotatable bonds is 5. The lowest BCUT2D eigenvalue weighted by Crippen LogP contribution is -2.41. The third-order valence-corrected chi connectivity index (χ3v) is 4.05. The van der Waals surface area contributed by atoms with E-state index in [0.717, 1.165) is 11.6 Å². The molecular formula is C15H20N4O. The van der Waals surface area contributed by atoms with Gasteiger partial charge in [-0.1, -0.05) is 12.1 Å². The molecule has 106 valence electrons. The second-order valence-electron chi connectivity index (χ2n) is 5.40. The van der Waals surface area contributed by atoms with E-state index in [-0.39, 0.29) is 6.04 Å². The van der Waals surface area contributed by atoms with Crippen LogP contribution in [-0.4, -0.2) is 28.3 Å². The minimum Gasteiger partial charge on any atom is -0.497 e. The highest BCUT2D eigenvalue weighted by Gasteiger charge is 2.31. The van der Waals surface area contributed by atoms with Crippen LogP contribution in [0.5, 0.6) is 5.75 Å². The Balaban J connectivity index is 1.50. The van der Waals surface area contributed by atoms with Gasteiger partial charge in [-0.25, -0.2) is 4.98 Å². The largest absolute Gasteiger partial charge is 0.497 e. The van der Waals surface area contributed by atoms with Crippen LogP contribution in [0.15, 0.2) is 30.6 Å². The number of hydrogen-bond acceptors (Lipinski definition) is 4. The zero-order valence-corrected chi connectivity index (χ0v) is 11.8. The quantitative estimate of drug-likeness (QED) is 0.877. The van der Waals surface area contributed by atoms with E-state index < -0.39 is 0 Å². The van der Waals surface area contributed by atoms with Gasteiger partial charge in [-0.05, 0) is 43.4 Å². The molecule has 1 fully saturated rings. The average molecular weight is 272 g/mol. The molecular weight excluding hydrogens is 252 g/mol. The molecule has 0 aliphatic heterocycles. The van der Waals surface area contributed by atoms with Crippen molar-refractivity contribution in [3.63, 3.8) is 0 Å². The van der Waals surface area contributed by atoms with Crippen molar-refractivity contribution in [1.82, 2.24) is 20.5 Å². The summed E-state index contributed by atoms with van der Waals surface area (Å²) in [4.78, 5) is 4.18. The van der Waals surface area contributed by atoms with E-state index in [0.29, 0.717) is 12.0 Å². The molecule has 0 bridgehead atoms. The highest BCUT2D eigenvalue weighted by atomic mass is 16.5. The molecule has 5 nitrogen and oxygen atoms in total. The van der Waals surface area contributed by atoms with Crippen molar-refractivity contribution in [3.05, 3.63) is 42.0 Å². The predicted molar refractivity (Wildman–Crippen MR) is 76.7 cm³/mol. The van der Waals surface area contributed by atoms with Gasteiger partial charge in [-0.2, -0.15) is 5.10 Å². The minimum absolute atomic E-state index is 0.222. The first-order chi connectivity index (χ1) is 9.76. The second-order valence-corrected chi connectivity index (χ2v) is 5.40. The molecule has 1 aliphatic rings. The first kappa shape index (κ1) is 13.1. The summed E-state index contributed by atoms with van der Waals surface area (Å²) < 4.78 is 5.19. The van der Waals surface area contributed by atoms with Crippen LogP contribution < -0.4 is 10.1 Å². The Hall–Kier alpha value is -1.88. The monoisotopic (exact) mass is 272 g/mol. The molecule has 1 atom stereocenters. The van der Waals surface area contributed by atoms with Crippen molar-refractivity contribution in [1.29, 1.82) is 0 Å². The van der Waals surface area contributed by atoms with Gasteiger partial charge < -0.3 is 10.1 Å². The van der Waals surface area contributed by atoms with Crippen LogP contribution in [0.1, 0.15) is 43.1 Å². The van der Waals surface area contributed by atoms with Crippen LogP contribution in [-0.2, 0) is 0 Å². The Kier molecular flexibility index (Phi) is 3.69. The fourth-order valence-electron chi connectivity index (χ4n) is 2.76. The Labute approximate surface area is 118 Å². The van der Waals surface area contributed by atoms with Gasteiger partial charge in [0.15, 0.2) is 0 Å². The molecule has 1 aromatic heterocycles. The fourth-order valence-corrected chi connectivity index (χ4v) is 2.76. The fraction of sp³-hybridized carbons (Fsp3) is 0.467. The lowest BCUT2D eigenvalue weighted by molar-refractivity contribution is 0.267. The number of hydrogen-bond donors (Lipinski definition) is 2. The van der Waals surface area contributed by atoms with Crippen LogP contribution in [0.2, 0.25) is 0 Å². The minimum atomic E-state index is 0.222. The summed E-state index contributed by atoms with van der Waals surface area (Å²) >= 11 is 0. The van der Waals surface area contributed by atoms with Crippen LogP contribution in [0.25, 0.3) is 0 Å². The van der Waals surface area contributed by atoms with Crippen molar-refractivity contribution in [2.75, 3.05) is 7.11 Å². The molecule has 0 radical (unpaired) electrons. The first-order valence-corrected chi connectivity index (χ1v) is 7.01. The van der Waals surface area contributed by atoms with Crippen LogP contribution >= 0.6 is 0 Å². The molecule has 5 heteroatoms. The van der Waals surface area contributed by atoms with Crippen LogP contribution in [0.4, 0.5) is 0 Å². The van der Waals surface area contributed by atoms with E-state index in [1.165, 1.54) is 18.4 Å². The molecule has 1 aliphatic carbocycles. The van der Waals surface area contributed by atoms with E-state index in [1.54, 1.807) is 13.4 Å². The van der Waals surface area contributed by atoms with Gasteiger partial charge in [0.25, 0.3) is 0 Å². The molecule has 1 saturated carbocycles. The molecule has 0 saturated heterocycles. The molecule has 1 heterocycles. The van der Waals surface area contributed by atoms with Gasteiger partial charge in [0.2, 0.25) is 0 Å². The number of benzene rings is 1. The van der Waals surface area contributed by atoms with Crippen molar-refractivity contribution in [2.45, 2.75) is 37.8 Å². The van der Waals surface area contributed by atoms with Crippen molar-refractivity contribution in [2.24, 2.45) is 0 Å². The summed E-state index contributed by atoms with van der Waals surface area (Å²) in [6.07, 6.45) is 3.89. The highest BCUT2D eigenvalue weighted by Crippen LogP contribution is 2.38. The van der Waals surface area contributed by atoms with E-state index in [1.807, 2.05) is 12.1 Å². The molecule has 0 spiro atoms. The van der Waals surface area contributed by atoms with E-state index >= 15 is 0 Å². The second kappa shape index (κ2) is 5.63. The topological polar surface area (TPSA) is 62.8 Å². The molecule has 1 unspecified atom stereocenters. The number of H-pyrrole nitrogens is 1. The number of ether oxygens (including phenoxy) is 1. The maximum absolute atomic E-state index is 5.19. The standard InChI is InChI=1S/C15H20N4O/c1-10(15-16-9-17-19-15)18-13-7-12(8-13)11-3-5-14(20-2)6-4-11/h3-6,9-10,12-13,18H,7-8H2,1-2H3,(H,16,17,19). The van der Waals surface area contributed by atoms with Gasteiger partial charge in [0, 0.05) is 6.04 Å². The molecule has 20 heavy (non-hydrogen) atoms. The van der Waals surface area contributed by atoms with Gasteiger partial charge in [-0.15, -0.1) is 0 Å². The number of methoxy groups -OCH3 is 1. The van der Waals surface area contributed by atoms with E-state index in [4.69, 9.17) is 4.74 Å². The van der Waals surface area contributed by atoms with E-state index in [9.17, 15) is 0 Å². The van der Waals surface area contributed by atoms with Gasteiger partial charge in [0.05, 0.1) is 13.2 Å². The summed E-state index contributed by atoms with van der Waals surface area (Å²) in [6.45, 7) is 2.11. The summed E-state index contributed by atoms with van der Waals surface area (Å²) in [5.74, 6) is 2.47. The molecule has 2 N–H and O–H groups in total. The maximum atomic E-state index is 5.19. The molecule has 1 aromatic carbocycles. The van der Waals surface area contributed by atoms with E-state index in [2.05, 4.69) is 39.6 Å². The average Bonchev–Trinajstić information content (AvgIpc) is 2.96. The lowest BCUT2D eigenvalue weighted by Gasteiger charge is -2.37. The Morgan fingerprint density at radius 1 is 1.30 bits per heavy atom. The third-order valence-electron chi connectivity index (χ3n) is 4.05. The predicted octanol–water partition coefficient (Wildman–Crippen LogP) is 2.41. The summed E-state index contributed by atoms with van der Waals surface area (Å²) in [5, 5.41) is 10.4. The van der Waals surface area contributed by atoms with Gasteiger partial charge in [0.1, 0.15) is 17.9 Å². The highest BCUT2D eigenvalue weighted by molar-refractivity contribution is 5.31. The maximum Gasteiger partial charge on any atom is 0.141 e. The van der Waals surface area contributed by atoms with Crippen molar-refractivity contribution in [3.8, 4) is 5.75 Å². The number of nitrogens with one attached hydrogen (secondary N) is 2. The van der Waals surface area contributed by atoms with Crippen molar-refractivity contribution < 1.29 is 4.74 Å². The molecule has 3 rings (SSSR count). The van der Waals surface area contributed by atoms with Crippen molar-refractivity contribution >= 4 is 0 Å². The Morgan fingerprint density at radius 2 is 2.05 bits per heavy atom. The smallest absolute Gasteiger partial charge is 0.141 e.